The van der Waals surface area contributed by atoms with Crippen LogP contribution in [0.5, 0.6) is 11.5 Å². The van der Waals surface area contributed by atoms with Crippen LogP contribution in [0.4, 0.5) is 0 Å². The fraction of sp³-hybridized carbons (Fsp3) is 0.333. The summed E-state index contributed by atoms with van der Waals surface area (Å²) < 4.78 is 11.8. The monoisotopic (exact) mass is 390 g/mol. The second-order valence-electron chi connectivity index (χ2n) is 7.42. The number of amides is 1. The highest BCUT2D eigenvalue weighted by Gasteiger charge is 2.25. The highest BCUT2D eigenvalue weighted by atomic mass is 16.6. The number of pyridine rings is 1. The van der Waals surface area contributed by atoms with Gasteiger partial charge >= 0.3 is 0 Å². The van der Waals surface area contributed by atoms with E-state index in [2.05, 4.69) is 13.0 Å². The van der Waals surface area contributed by atoms with Crippen LogP contribution >= 0.6 is 0 Å². The van der Waals surface area contributed by atoms with Crippen molar-refractivity contribution in [2.45, 2.75) is 33.3 Å². The van der Waals surface area contributed by atoms with E-state index < -0.39 is 0 Å². The van der Waals surface area contributed by atoms with Crippen LogP contribution in [0.2, 0.25) is 0 Å². The Kier molecular flexibility index (Phi) is 5.38. The van der Waals surface area contributed by atoms with Crippen molar-refractivity contribution in [1.29, 1.82) is 0 Å². The summed E-state index contributed by atoms with van der Waals surface area (Å²) in [5, 5.41) is 1.10. The Morgan fingerprint density at radius 2 is 1.83 bits per heavy atom. The minimum Gasteiger partial charge on any atom is -0.486 e. The van der Waals surface area contributed by atoms with E-state index in [0.717, 1.165) is 39.2 Å². The van der Waals surface area contributed by atoms with E-state index >= 15 is 0 Å². The zero-order chi connectivity index (χ0) is 20.4. The van der Waals surface area contributed by atoms with Crippen LogP contribution in [0.15, 0.2) is 48.5 Å². The van der Waals surface area contributed by atoms with Crippen molar-refractivity contribution in [3.05, 3.63) is 65.4 Å². The van der Waals surface area contributed by atoms with Crippen molar-refractivity contribution in [2.75, 3.05) is 19.7 Å². The quantitative estimate of drug-likeness (QED) is 0.659. The molecule has 0 saturated carbocycles. The van der Waals surface area contributed by atoms with Gasteiger partial charge in [-0.15, -0.1) is 0 Å². The number of carbonyl (C=O) groups is 1. The molecule has 0 N–H and O–H groups in total. The maximum Gasteiger partial charge on any atom is 0.227 e. The summed E-state index contributed by atoms with van der Waals surface area (Å²) in [5.41, 5.74) is 4.02. The van der Waals surface area contributed by atoms with Crippen molar-refractivity contribution in [3.8, 4) is 11.5 Å². The van der Waals surface area contributed by atoms with Gasteiger partial charge in [0.1, 0.15) is 6.61 Å². The third kappa shape index (κ3) is 3.90. The van der Waals surface area contributed by atoms with Crippen LogP contribution in [0, 0.1) is 13.8 Å². The Hall–Kier alpha value is -3.08. The maximum absolute atomic E-state index is 13.1. The van der Waals surface area contributed by atoms with Crippen LogP contribution in [0.3, 0.4) is 0 Å². The summed E-state index contributed by atoms with van der Waals surface area (Å²) >= 11 is 0. The number of aromatic nitrogens is 1. The minimum atomic E-state index is -0.175. The molecule has 1 aliphatic heterocycles. The molecule has 3 aromatic rings. The summed E-state index contributed by atoms with van der Waals surface area (Å²) in [7, 11) is 0. The van der Waals surface area contributed by atoms with E-state index in [0.29, 0.717) is 26.1 Å². The van der Waals surface area contributed by atoms with Crippen LogP contribution in [-0.2, 0) is 11.2 Å². The van der Waals surface area contributed by atoms with Gasteiger partial charge in [0.15, 0.2) is 17.6 Å². The SMILES string of the molecule is CCN(CC1COc2ccccc2O1)C(=O)Cc1c(C)nc2ccccc2c1C. The number of benzene rings is 2. The van der Waals surface area contributed by atoms with E-state index in [1.807, 2.05) is 61.2 Å². The van der Waals surface area contributed by atoms with Gasteiger partial charge in [0, 0.05) is 17.6 Å². The van der Waals surface area contributed by atoms with Gasteiger partial charge < -0.3 is 14.4 Å². The van der Waals surface area contributed by atoms with Crippen LogP contribution < -0.4 is 9.47 Å². The van der Waals surface area contributed by atoms with Crippen molar-refractivity contribution >= 4 is 16.8 Å². The molecule has 0 fully saturated rings. The molecule has 2 aromatic carbocycles. The number of ether oxygens (including phenoxy) is 2. The van der Waals surface area contributed by atoms with E-state index in [1.165, 1.54) is 0 Å². The predicted octanol–water partition coefficient (Wildman–Crippen LogP) is 4.08. The minimum absolute atomic E-state index is 0.0817. The van der Waals surface area contributed by atoms with Crippen molar-refractivity contribution in [1.82, 2.24) is 9.88 Å². The summed E-state index contributed by atoms with van der Waals surface area (Å²) in [6.07, 6.45) is 0.166. The first kappa shape index (κ1) is 19.2. The number of likely N-dealkylation sites (N-methyl/N-ethyl adjacent to an activating group) is 1. The van der Waals surface area contributed by atoms with Gasteiger partial charge in [-0.05, 0) is 50.1 Å². The van der Waals surface area contributed by atoms with Gasteiger partial charge in [0.2, 0.25) is 5.91 Å². The molecular weight excluding hydrogens is 364 g/mol. The first-order chi connectivity index (χ1) is 14.1. The maximum atomic E-state index is 13.1. The average molecular weight is 390 g/mol. The lowest BCUT2D eigenvalue weighted by atomic mass is 9.99. The van der Waals surface area contributed by atoms with Gasteiger partial charge in [-0.3, -0.25) is 9.78 Å². The zero-order valence-corrected chi connectivity index (χ0v) is 17.1. The van der Waals surface area contributed by atoms with Gasteiger partial charge in [-0.1, -0.05) is 30.3 Å². The fourth-order valence-electron chi connectivity index (χ4n) is 3.90. The Bertz CT molecular complexity index is 1050. The number of hydrogen-bond acceptors (Lipinski definition) is 4. The lowest BCUT2D eigenvalue weighted by Crippen LogP contribution is -2.44. The molecule has 0 saturated heterocycles. The molecule has 29 heavy (non-hydrogen) atoms. The Balaban J connectivity index is 1.49. The van der Waals surface area contributed by atoms with E-state index in [-0.39, 0.29) is 12.0 Å². The van der Waals surface area contributed by atoms with E-state index in [1.54, 1.807) is 0 Å². The summed E-state index contributed by atoms with van der Waals surface area (Å²) in [6, 6.07) is 15.7. The normalized spacial score (nSPS) is 15.3. The number of fused-ring (bicyclic) bond motifs is 2. The van der Waals surface area contributed by atoms with Crippen LogP contribution in [0.25, 0.3) is 10.9 Å². The van der Waals surface area contributed by atoms with Crippen molar-refractivity contribution in [2.24, 2.45) is 0 Å². The Morgan fingerprint density at radius 1 is 1.10 bits per heavy atom. The lowest BCUT2D eigenvalue weighted by molar-refractivity contribution is -0.131. The molecule has 2 heterocycles. The second kappa shape index (κ2) is 8.11. The third-order valence-electron chi connectivity index (χ3n) is 5.54. The van der Waals surface area contributed by atoms with Crippen molar-refractivity contribution in [3.63, 3.8) is 0 Å². The number of carbonyl (C=O) groups excluding carboxylic acids is 1. The predicted molar refractivity (Wildman–Crippen MR) is 114 cm³/mol. The average Bonchev–Trinajstić information content (AvgIpc) is 2.74. The number of rotatable bonds is 5. The highest BCUT2D eigenvalue weighted by Crippen LogP contribution is 2.31. The standard InChI is InChI=1S/C24H26N2O3/c1-4-26(14-18-15-28-22-11-7-8-12-23(22)29-18)24(27)13-20-16(2)19-9-5-6-10-21(19)25-17(20)3/h5-12,18H,4,13-15H2,1-3H3. The first-order valence-corrected chi connectivity index (χ1v) is 10.1. The topological polar surface area (TPSA) is 51.7 Å². The lowest BCUT2D eigenvalue weighted by Gasteiger charge is -2.31. The van der Waals surface area contributed by atoms with Crippen LogP contribution in [0.1, 0.15) is 23.7 Å². The molecule has 4 rings (SSSR count). The number of para-hydroxylation sites is 3. The fourth-order valence-corrected chi connectivity index (χ4v) is 3.90. The molecule has 1 aromatic heterocycles. The Labute approximate surface area is 171 Å². The third-order valence-corrected chi connectivity index (χ3v) is 5.54. The largest absolute Gasteiger partial charge is 0.486 e. The molecule has 5 nitrogen and oxygen atoms in total. The molecule has 1 aliphatic rings. The molecular formula is C24H26N2O3. The van der Waals surface area contributed by atoms with E-state index in [4.69, 9.17) is 14.5 Å². The molecule has 5 heteroatoms. The van der Waals surface area contributed by atoms with Crippen molar-refractivity contribution < 1.29 is 14.3 Å². The van der Waals surface area contributed by atoms with Gasteiger partial charge in [0.25, 0.3) is 0 Å². The Morgan fingerprint density at radius 3 is 2.62 bits per heavy atom. The zero-order valence-electron chi connectivity index (χ0n) is 17.1. The van der Waals surface area contributed by atoms with E-state index in [9.17, 15) is 4.79 Å². The summed E-state index contributed by atoms with van der Waals surface area (Å²) in [4.78, 5) is 19.6. The number of nitrogens with zero attached hydrogens (tertiary/aromatic N) is 2. The molecule has 150 valence electrons. The molecule has 0 bridgehead atoms. The first-order valence-electron chi connectivity index (χ1n) is 10.1. The van der Waals surface area contributed by atoms with Gasteiger partial charge in [-0.2, -0.15) is 0 Å². The molecule has 1 unspecified atom stereocenters. The van der Waals surface area contributed by atoms with Gasteiger partial charge in [-0.25, -0.2) is 0 Å². The molecule has 0 spiro atoms. The number of aryl methyl sites for hydroxylation is 2. The summed E-state index contributed by atoms with van der Waals surface area (Å²) in [6.45, 7) is 7.62. The smallest absolute Gasteiger partial charge is 0.227 e. The highest BCUT2D eigenvalue weighted by molar-refractivity contribution is 5.86. The molecule has 0 aliphatic carbocycles. The summed E-state index contributed by atoms with van der Waals surface area (Å²) in [5.74, 6) is 1.57. The molecule has 1 atom stereocenters. The second-order valence-corrected chi connectivity index (χ2v) is 7.42. The van der Waals surface area contributed by atoms with Gasteiger partial charge in [0.05, 0.1) is 18.5 Å². The molecule has 1 amide bonds. The van der Waals surface area contributed by atoms with Crippen LogP contribution in [-0.4, -0.2) is 41.6 Å². The number of hydrogen-bond donors (Lipinski definition) is 0. The molecule has 0 radical (unpaired) electrons.